The number of ether oxygens (including phenoxy) is 1. The summed E-state index contributed by atoms with van der Waals surface area (Å²) in [5.41, 5.74) is 1.06. The zero-order chi connectivity index (χ0) is 12.4. The molecule has 1 heterocycles. The number of aromatic nitrogens is 1. The number of nitrogens with zero attached hydrogens (tertiary/aromatic N) is 1. The summed E-state index contributed by atoms with van der Waals surface area (Å²) in [6, 6.07) is 8.18. The van der Waals surface area contributed by atoms with Gasteiger partial charge >= 0.3 is 0 Å². The molecule has 0 atom stereocenters. The zero-order valence-corrected chi connectivity index (χ0v) is 11.0. The van der Waals surface area contributed by atoms with Gasteiger partial charge in [-0.15, -0.1) is 11.6 Å². The number of hydrogen-bond acceptors (Lipinski definition) is 2. The molecular weight excluding hydrogens is 246 g/mol. The van der Waals surface area contributed by atoms with Crippen molar-refractivity contribution in [3.8, 4) is 5.88 Å². The molecule has 0 N–H and O–H groups in total. The van der Waals surface area contributed by atoms with Crippen LogP contribution in [0.2, 0.25) is 0 Å². The van der Waals surface area contributed by atoms with E-state index in [1.807, 2.05) is 18.3 Å². The van der Waals surface area contributed by atoms with Crippen LogP contribution in [0.1, 0.15) is 31.2 Å². The predicted molar refractivity (Wildman–Crippen MR) is 74.2 cm³/mol. The van der Waals surface area contributed by atoms with Crippen LogP contribution < -0.4 is 4.74 Å². The van der Waals surface area contributed by atoms with Crippen LogP contribution in [-0.4, -0.2) is 11.1 Å². The maximum atomic E-state index is 6.03. The van der Waals surface area contributed by atoms with Crippen molar-refractivity contribution in [3.63, 3.8) is 0 Å². The van der Waals surface area contributed by atoms with Crippen LogP contribution in [0.5, 0.6) is 5.88 Å². The molecule has 1 fully saturated rings. The Kier molecular flexibility index (Phi) is 3.37. The van der Waals surface area contributed by atoms with Gasteiger partial charge < -0.3 is 4.74 Å². The maximum absolute atomic E-state index is 6.03. The lowest BCUT2D eigenvalue weighted by Gasteiger charge is -2.14. The Morgan fingerprint density at radius 2 is 1.89 bits per heavy atom. The lowest BCUT2D eigenvalue weighted by atomic mass is 10.1. The van der Waals surface area contributed by atoms with Gasteiger partial charge in [0.2, 0.25) is 5.88 Å². The van der Waals surface area contributed by atoms with Crippen molar-refractivity contribution < 1.29 is 4.74 Å². The van der Waals surface area contributed by atoms with Crippen molar-refractivity contribution in [2.75, 3.05) is 0 Å². The Labute approximate surface area is 112 Å². The standard InChI is InChI=1S/C15H16ClNO/c16-9-11-10-17-15(18-12-5-1-2-6-12)14-8-4-3-7-13(11)14/h3-4,7-8,10,12H,1-2,5-6,9H2. The molecule has 0 amide bonds. The molecule has 0 unspecified atom stereocenters. The SMILES string of the molecule is ClCc1cnc(OC2CCCC2)c2ccccc12. The van der Waals surface area contributed by atoms with Crippen molar-refractivity contribution in [3.05, 3.63) is 36.0 Å². The average molecular weight is 262 g/mol. The second kappa shape index (κ2) is 5.15. The van der Waals surface area contributed by atoms with Crippen molar-refractivity contribution in [2.45, 2.75) is 37.7 Å². The van der Waals surface area contributed by atoms with Crippen molar-refractivity contribution in [1.82, 2.24) is 4.98 Å². The summed E-state index contributed by atoms with van der Waals surface area (Å²) in [6.07, 6.45) is 6.99. The lowest BCUT2D eigenvalue weighted by molar-refractivity contribution is 0.204. The molecule has 0 spiro atoms. The van der Waals surface area contributed by atoms with Crippen LogP contribution in [0, 0.1) is 0 Å². The highest BCUT2D eigenvalue weighted by Gasteiger charge is 2.18. The molecule has 2 aromatic rings. The molecule has 0 saturated heterocycles. The van der Waals surface area contributed by atoms with Crippen molar-refractivity contribution >= 4 is 22.4 Å². The van der Waals surface area contributed by atoms with Gasteiger partial charge in [0.15, 0.2) is 0 Å². The van der Waals surface area contributed by atoms with E-state index in [0.717, 1.165) is 35.1 Å². The van der Waals surface area contributed by atoms with Crippen LogP contribution in [0.25, 0.3) is 10.8 Å². The third-order valence-electron chi connectivity index (χ3n) is 3.57. The van der Waals surface area contributed by atoms with E-state index in [1.165, 1.54) is 12.8 Å². The van der Waals surface area contributed by atoms with E-state index in [1.54, 1.807) is 0 Å². The van der Waals surface area contributed by atoms with Gasteiger partial charge in [-0.1, -0.05) is 18.2 Å². The predicted octanol–water partition coefficient (Wildman–Crippen LogP) is 4.30. The van der Waals surface area contributed by atoms with Crippen LogP contribution in [0.4, 0.5) is 0 Å². The highest BCUT2D eigenvalue weighted by Crippen LogP contribution is 2.30. The third kappa shape index (κ3) is 2.17. The molecule has 0 aliphatic heterocycles. The fraction of sp³-hybridized carbons (Fsp3) is 0.400. The molecule has 2 nitrogen and oxygen atoms in total. The summed E-state index contributed by atoms with van der Waals surface area (Å²) >= 11 is 5.95. The Bertz CT molecular complexity index is 549. The Hall–Kier alpha value is -1.28. The molecule has 1 aliphatic rings. The van der Waals surface area contributed by atoms with Gasteiger partial charge in [-0.05, 0) is 42.7 Å². The molecule has 1 aliphatic carbocycles. The summed E-state index contributed by atoms with van der Waals surface area (Å²) in [7, 11) is 0. The first-order valence-corrected chi connectivity index (χ1v) is 7.01. The number of benzene rings is 1. The number of fused-ring (bicyclic) bond motifs is 1. The van der Waals surface area contributed by atoms with Crippen molar-refractivity contribution in [1.29, 1.82) is 0 Å². The van der Waals surface area contributed by atoms with E-state index in [0.29, 0.717) is 12.0 Å². The van der Waals surface area contributed by atoms with Crippen LogP contribution >= 0.6 is 11.6 Å². The highest BCUT2D eigenvalue weighted by atomic mass is 35.5. The zero-order valence-electron chi connectivity index (χ0n) is 10.2. The third-order valence-corrected chi connectivity index (χ3v) is 3.85. The minimum Gasteiger partial charge on any atom is -0.474 e. The highest BCUT2D eigenvalue weighted by molar-refractivity contribution is 6.18. The number of hydrogen-bond donors (Lipinski definition) is 0. The van der Waals surface area contributed by atoms with E-state index in [-0.39, 0.29) is 0 Å². The summed E-state index contributed by atoms with van der Waals surface area (Å²) in [5, 5.41) is 2.22. The molecule has 1 aromatic carbocycles. The summed E-state index contributed by atoms with van der Waals surface area (Å²) < 4.78 is 6.03. The van der Waals surface area contributed by atoms with Crippen molar-refractivity contribution in [2.24, 2.45) is 0 Å². The summed E-state index contributed by atoms with van der Waals surface area (Å²) in [5.74, 6) is 1.24. The average Bonchev–Trinajstić information content (AvgIpc) is 2.92. The quantitative estimate of drug-likeness (QED) is 0.769. The molecule has 1 aromatic heterocycles. The first-order valence-electron chi connectivity index (χ1n) is 6.47. The number of halogens is 1. The number of pyridine rings is 1. The van der Waals surface area contributed by atoms with Gasteiger partial charge in [0.1, 0.15) is 6.10 Å². The fourth-order valence-electron chi connectivity index (χ4n) is 2.59. The molecule has 0 bridgehead atoms. The molecule has 1 saturated carbocycles. The maximum Gasteiger partial charge on any atom is 0.221 e. The van der Waals surface area contributed by atoms with Gasteiger partial charge in [0.25, 0.3) is 0 Å². The van der Waals surface area contributed by atoms with Gasteiger partial charge in [-0.25, -0.2) is 4.98 Å². The number of rotatable bonds is 3. The van der Waals surface area contributed by atoms with E-state index in [2.05, 4.69) is 17.1 Å². The summed E-state index contributed by atoms with van der Waals surface area (Å²) in [6.45, 7) is 0. The van der Waals surface area contributed by atoms with E-state index >= 15 is 0 Å². The fourth-order valence-corrected chi connectivity index (χ4v) is 2.80. The van der Waals surface area contributed by atoms with Crippen LogP contribution in [0.15, 0.2) is 30.5 Å². The lowest BCUT2D eigenvalue weighted by Crippen LogP contribution is -2.12. The molecule has 18 heavy (non-hydrogen) atoms. The second-order valence-electron chi connectivity index (χ2n) is 4.79. The largest absolute Gasteiger partial charge is 0.474 e. The first-order chi connectivity index (χ1) is 8.88. The second-order valence-corrected chi connectivity index (χ2v) is 5.06. The Morgan fingerprint density at radius 3 is 2.61 bits per heavy atom. The first kappa shape index (κ1) is 11.8. The minimum absolute atomic E-state index is 0.336. The van der Waals surface area contributed by atoms with E-state index < -0.39 is 0 Å². The molecule has 0 radical (unpaired) electrons. The van der Waals surface area contributed by atoms with Gasteiger partial charge in [-0.2, -0.15) is 0 Å². The topological polar surface area (TPSA) is 22.1 Å². The molecular formula is C15H16ClNO. The summed E-state index contributed by atoms with van der Waals surface area (Å²) in [4.78, 5) is 4.43. The normalized spacial score (nSPS) is 16.3. The molecule has 3 heteroatoms. The van der Waals surface area contributed by atoms with Gasteiger partial charge in [0, 0.05) is 17.5 Å². The molecule has 3 rings (SSSR count). The van der Waals surface area contributed by atoms with Gasteiger partial charge in [0.05, 0.1) is 0 Å². The van der Waals surface area contributed by atoms with Crippen LogP contribution in [-0.2, 0) is 5.88 Å². The number of alkyl halides is 1. The minimum atomic E-state index is 0.336. The van der Waals surface area contributed by atoms with Gasteiger partial charge in [-0.3, -0.25) is 0 Å². The van der Waals surface area contributed by atoms with E-state index in [4.69, 9.17) is 16.3 Å². The van der Waals surface area contributed by atoms with Crippen LogP contribution in [0.3, 0.4) is 0 Å². The Morgan fingerprint density at radius 1 is 1.17 bits per heavy atom. The smallest absolute Gasteiger partial charge is 0.221 e. The Balaban J connectivity index is 2.01. The monoisotopic (exact) mass is 261 g/mol. The van der Waals surface area contributed by atoms with E-state index in [9.17, 15) is 0 Å². The molecule has 94 valence electrons.